The molecular weight excluding hydrogens is 461 g/mol. The Morgan fingerprint density at radius 1 is 1.06 bits per heavy atom. The quantitative estimate of drug-likeness (QED) is 0.389. The average molecular weight is 477 g/mol. The molecule has 31 heavy (non-hydrogen) atoms. The Morgan fingerprint density at radius 3 is 2.71 bits per heavy atom. The molecule has 0 aliphatic carbocycles. The van der Waals surface area contributed by atoms with E-state index in [1.165, 1.54) is 4.68 Å². The number of carbonyl (C=O) groups excluding carboxylic acids is 1. The van der Waals surface area contributed by atoms with Crippen LogP contribution < -0.4 is 10.1 Å². The number of nitrogens with one attached hydrogen (secondary N) is 1. The van der Waals surface area contributed by atoms with Crippen molar-refractivity contribution in [1.29, 1.82) is 0 Å². The third kappa shape index (κ3) is 5.38. The molecule has 0 unspecified atom stereocenters. The van der Waals surface area contributed by atoms with Crippen molar-refractivity contribution >= 4 is 46.4 Å². The molecule has 0 bridgehead atoms. The van der Waals surface area contributed by atoms with Gasteiger partial charge in [-0.25, -0.2) is 4.68 Å². The Balaban J connectivity index is 1.37. The van der Waals surface area contributed by atoms with Crippen molar-refractivity contribution in [3.05, 3.63) is 93.4 Å². The van der Waals surface area contributed by atoms with Crippen molar-refractivity contribution in [3.8, 4) is 5.75 Å². The van der Waals surface area contributed by atoms with Crippen LogP contribution in [0.15, 0.2) is 67.1 Å². The first-order valence-electron chi connectivity index (χ1n) is 9.16. The highest BCUT2D eigenvalue weighted by molar-refractivity contribution is 6.42. The van der Waals surface area contributed by atoms with Crippen LogP contribution in [0.5, 0.6) is 5.75 Å². The van der Waals surface area contributed by atoms with E-state index in [0.29, 0.717) is 33.0 Å². The largest absolute Gasteiger partial charge is 0.470 e. The lowest BCUT2D eigenvalue weighted by molar-refractivity contribution is 0.102. The van der Waals surface area contributed by atoms with E-state index in [1.54, 1.807) is 53.6 Å². The fourth-order valence-corrected chi connectivity index (χ4v) is 3.34. The first-order valence-corrected chi connectivity index (χ1v) is 10.3. The Hall–Kier alpha value is -3.00. The summed E-state index contributed by atoms with van der Waals surface area (Å²) >= 11 is 18.0. The Labute approximate surface area is 193 Å². The van der Waals surface area contributed by atoms with Gasteiger partial charge >= 0.3 is 0 Å². The molecule has 2 aromatic carbocycles. The summed E-state index contributed by atoms with van der Waals surface area (Å²) in [5.74, 6) is 0.102. The zero-order valence-corrected chi connectivity index (χ0v) is 18.3. The Bertz CT molecular complexity index is 1220. The van der Waals surface area contributed by atoms with Crippen molar-refractivity contribution in [2.45, 2.75) is 13.3 Å². The van der Waals surface area contributed by atoms with Crippen LogP contribution in [-0.4, -0.2) is 25.5 Å². The maximum atomic E-state index is 12.6. The molecule has 1 N–H and O–H groups in total. The first-order chi connectivity index (χ1) is 15.0. The van der Waals surface area contributed by atoms with Crippen molar-refractivity contribution in [1.82, 2.24) is 19.6 Å². The SMILES string of the molecule is O=C(Nc1cccc(Cn2cc(Cl)cn2)c1)c1ccn(COc2cccc(Cl)c2Cl)n1. The highest BCUT2D eigenvalue weighted by atomic mass is 35.5. The van der Waals surface area contributed by atoms with Gasteiger partial charge in [-0.2, -0.15) is 10.2 Å². The van der Waals surface area contributed by atoms with E-state index in [4.69, 9.17) is 39.5 Å². The van der Waals surface area contributed by atoms with Crippen LogP contribution in [0.25, 0.3) is 0 Å². The fraction of sp³-hybridized carbons (Fsp3) is 0.0952. The second kappa shape index (κ2) is 9.43. The molecule has 2 heterocycles. The van der Waals surface area contributed by atoms with Crippen LogP contribution in [0.2, 0.25) is 15.1 Å². The zero-order valence-electron chi connectivity index (χ0n) is 16.0. The molecular formula is C21H16Cl3N5O2. The number of hydrogen-bond donors (Lipinski definition) is 1. The van der Waals surface area contributed by atoms with E-state index < -0.39 is 0 Å². The van der Waals surface area contributed by atoms with Crippen molar-refractivity contribution in [2.24, 2.45) is 0 Å². The zero-order chi connectivity index (χ0) is 21.8. The molecule has 0 radical (unpaired) electrons. The molecule has 2 aromatic heterocycles. The van der Waals surface area contributed by atoms with Gasteiger partial charge in [-0.3, -0.25) is 9.48 Å². The first kappa shape index (κ1) is 21.2. The molecule has 1 amide bonds. The molecule has 10 heteroatoms. The number of halogens is 3. The summed E-state index contributed by atoms with van der Waals surface area (Å²) in [4.78, 5) is 12.6. The van der Waals surface area contributed by atoms with E-state index in [1.807, 2.05) is 18.2 Å². The van der Waals surface area contributed by atoms with Crippen molar-refractivity contribution in [3.63, 3.8) is 0 Å². The highest BCUT2D eigenvalue weighted by Gasteiger charge is 2.11. The minimum Gasteiger partial charge on any atom is -0.470 e. The number of benzene rings is 2. The number of nitrogens with zero attached hydrogens (tertiary/aromatic N) is 4. The summed E-state index contributed by atoms with van der Waals surface area (Å²) in [6, 6.07) is 14.2. The van der Waals surface area contributed by atoms with Crippen LogP contribution in [0.3, 0.4) is 0 Å². The predicted octanol–water partition coefficient (Wildman–Crippen LogP) is 5.38. The molecule has 0 atom stereocenters. The second-order valence-corrected chi connectivity index (χ2v) is 7.80. The topological polar surface area (TPSA) is 74.0 Å². The molecule has 4 rings (SSSR count). The highest BCUT2D eigenvalue weighted by Crippen LogP contribution is 2.31. The van der Waals surface area contributed by atoms with Gasteiger partial charge in [0.1, 0.15) is 10.8 Å². The van der Waals surface area contributed by atoms with Crippen LogP contribution in [0.1, 0.15) is 16.1 Å². The third-order valence-corrected chi connectivity index (χ3v) is 5.27. The van der Waals surface area contributed by atoms with Gasteiger partial charge in [0.25, 0.3) is 5.91 Å². The maximum absolute atomic E-state index is 12.6. The molecule has 0 aliphatic rings. The van der Waals surface area contributed by atoms with Gasteiger partial charge in [-0.1, -0.05) is 53.0 Å². The van der Waals surface area contributed by atoms with Crippen LogP contribution in [-0.2, 0) is 13.3 Å². The van der Waals surface area contributed by atoms with E-state index in [-0.39, 0.29) is 18.3 Å². The maximum Gasteiger partial charge on any atom is 0.276 e. The van der Waals surface area contributed by atoms with E-state index in [0.717, 1.165) is 5.56 Å². The molecule has 4 aromatic rings. The number of amides is 1. The second-order valence-electron chi connectivity index (χ2n) is 6.58. The number of hydrogen-bond acceptors (Lipinski definition) is 4. The molecule has 7 nitrogen and oxygen atoms in total. The monoisotopic (exact) mass is 475 g/mol. The summed E-state index contributed by atoms with van der Waals surface area (Å²) in [5, 5.41) is 12.5. The average Bonchev–Trinajstić information content (AvgIpc) is 3.38. The molecule has 158 valence electrons. The van der Waals surface area contributed by atoms with Gasteiger partial charge in [-0.05, 0) is 35.9 Å². The smallest absolute Gasteiger partial charge is 0.276 e. The van der Waals surface area contributed by atoms with Gasteiger partial charge in [0.05, 0.1) is 22.8 Å². The lowest BCUT2D eigenvalue weighted by Crippen LogP contribution is -2.14. The van der Waals surface area contributed by atoms with Crippen LogP contribution in [0.4, 0.5) is 5.69 Å². The summed E-state index contributed by atoms with van der Waals surface area (Å²) in [6.45, 7) is 0.615. The third-order valence-electron chi connectivity index (χ3n) is 4.27. The van der Waals surface area contributed by atoms with Crippen molar-refractivity contribution < 1.29 is 9.53 Å². The minimum absolute atomic E-state index is 0.0786. The molecule has 0 fully saturated rings. The summed E-state index contributed by atoms with van der Waals surface area (Å²) in [7, 11) is 0. The summed E-state index contributed by atoms with van der Waals surface area (Å²) < 4.78 is 8.83. The van der Waals surface area contributed by atoms with E-state index in [9.17, 15) is 4.79 Å². The van der Waals surface area contributed by atoms with Gasteiger partial charge in [0.2, 0.25) is 0 Å². The number of anilines is 1. The van der Waals surface area contributed by atoms with E-state index >= 15 is 0 Å². The van der Waals surface area contributed by atoms with Gasteiger partial charge in [0.15, 0.2) is 12.4 Å². The number of rotatable bonds is 7. The molecule has 0 aliphatic heterocycles. The number of aromatic nitrogens is 4. The van der Waals surface area contributed by atoms with Gasteiger partial charge in [-0.15, -0.1) is 0 Å². The van der Waals surface area contributed by atoms with E-state index in [2.05, 4.69) is 15.5 Å². The molecule has 0 spiro atoms. The van der Waals surface area contributed by atoms with Crippen LogP contribution >= 0.6 is 34.8 Å². The van der Waals surface area contributed by atoms with Gasteiger partial charge < -0.3 is 10.1 Å². The van der Waals surface area contributed by atoms with Gasteiger partial charge in [0, 0.05) is 18.1 Å². The molecule has 0 saturated carbocycles. The standard InChI is InChI=1S/C21H16Cl3N5O2/c22-15-10-25-29(12-15)11-14-3-1-4-16(9-14)26-21(30)18-7-8-28(27-18)13-31-19-6-2-5-17(23)20(19)24/h1-10,12H,11,13H2,(H,26,30). The Morgan fingerprint density at radius 2 is 1.90 bits per heavy atom. The lowest BCUT2D eigenvalue weighted by Gasteiger charge is -2.09. The summed E-state index contributed by atoms with van der Waals surface area (Å²) in [5.41, 5.74) is 1.87. The lowest BCUT2D eigenvalue weighted by atomic mass is 10.2. The summed E-state index contributed by atoms with van der Waals surface area (Å²) in [6.07, 6.45) is 4.96. The van der Waals surface area contributed by atoms with Crippen LogP contribution in [0, 0.1) is 0 Å². The predicted molar refractivity (Wildman–Crippen MR) is 120 cm³/mol. The van der Waals surface area contributed by atoms with Crippen molar-refractivity contribution in [2.75, 3.05) is 5.32 Å². The number of ether oxygens (including phenoxy) is 1. The normalized spacial score (nSPS) is 10.8. The fourth-order valence-electron chi connectivity index (χ4n) is 2.84. The Kier molecular flexibility index (Phi) is 6.46. The number of carbonyl (C=O) groups is 1. The molecule has 0 saturated heterocycles. The minimum atomic E-state index is -0.334.